The summed E-state index contributed by atoms with van der Waals surface area (Å²) >= 11 is 0. The van der Waals surface area contributed by atoms with Crippen LogP contribution in [0.1, 0.15) is 13.3 Å². The standard InChI is InChI=1S/C7H12N2O5/c1-2-9(7(8)14)4(6(12)13)3-5(10)11/h4H,2-3H2,1H3,(H2,8,14)(H,10,11)(H,12,13). The minimum atomic E-state index is -1.41. The third kappa shape index (κ3) is 3.30. The van der Waals surface area contributed by atoms with E-state index in [1.807, 2.05) is 0 Å². The molecule has 0 aromatic carbocycles. The number of aliphatic carboxylic acids is 2. The number of nitrogens with zero attached hydrogens (tertiary/aromatic N) is 1. The monoisotopic (exact) mass is 204 g/mol. The van der Waals surface area contributed by atoms with Crippen molar-refractivity contribution in [1.82, 2.24) is 4.90 Å². The normalized spacial score (nSPS) is 11.8. The van der Waals surface area contributed by atoms with Crippen molar-refractivity contribution >= 4 is 18.0 Å². The number of carboxylic acid groups (broad SMARTS) is 2. The summed E-state index contributed by atoms with van der Waals surface area (Å²) < 4.78 is 0. The summed E-state index contributed by atoms with van der Waals surface area (Å²) in [6.45, 7) is 1.57. The second kappa shape index (κ2) is 5.05. The van der Waals surface area contributed by atoms with Crippen LogP contribution < -0.4 is 5.73 Å². The summed E-state index contributed by atoms with van der Waals surface area (Å²) in [5.74, 6) is -2.68. The maximum atomic E-state index is 10.7. The molecule has 0 aliphatic rings. The molecule has 0 fully saturated rings. The van der Waals surface area contributed by atoms with E-state index in [9.17, 15) is 14.4 Å². The number of amides is 2. The topological polar surface area (TPSA) is 121 Å². The molecule has 0 spiro atoms. The van der Waals surface area contributed by atoms with E-state index < -0.39 is 30.4 Å². The molecule has 80 valence electrons. The van der Waals surface area contributed by atoms with Gasteiger partial charge in [-0.3, -0.25) is 4.79 Å². The molecule has 0 bridgehead atoms. The van der Waals surface area contributed by atoms with Crippen LogP contribution in [0.25, 0.3) is 0 Å². The fourth-order valence-corrected chi connectivity index (χ4v) is 1.03. The van der Waals surface area contributed by atoms with Crippen LogP contribution in [-0.2, 0) is 9.59 Å². The quantitative estimate of drug-likeness (QED) is 0.547. The maximum Gasteiger partial charge on any atom is 0.327 e. The average molecular weight is 204 g/mol. The zero-order valence-electron chi connectivity index (χ0n) is 7.64. The van der Waals surface area contributed by atoms with Crippen molar-refractivity contribution in [3.8, 4) is 0 Å². The Morgan fingerprint density at radius 3 is 2.07 bits per heavy atom. The number of hydrogen-bond donors (Lipinski definition) is 3. The van der Waals surface area contributed by atoms with Crippen LogP contribution in [0.15, 0.2) is 0 Å². The lowest BCUT2D eigenvalue weighted by molar-refractivity contribution is -0.148. The first-order valence-electron chi connectivity index (χ1n) is 3.90. The highest BCUT2D eigenvalue weighted by molar-refractivity contribution is 5.85. The SMILES string of the molecule is CCN(C(N)=O)C(CC(=O)O)C(=O)O. The third-order valence-electron chi connectivity index (χ3n) is 1.65. The van der Waals surface area contributed by atoms with Gasteiger partial charge in [0.15, 0.2) is 0 Å². The van der Waals surface area contributed by atoms with Gasteiger partial charge in [0.2, 0.25) is 0 Å². The number of likely N-dealkylation sites (N-methyl/N-ethyl adjacent to an activating group) is 1. The second-order valence-electron chi connectivity index (χ2n) is 2.58. The largest absolute Gasteiger partial charge is 0.481 e. The smallest absolute Gasteiger partial charge is 0.327 e. The molecule has 1 unspecified atom stereocenters. The number of urea groups is 1. The molecule has 1 atom stereocenters. The second-order valence-corrected chi connectivity index (χ2v) is 2.58. The molecule has 0 aliphatic heterocycles. The Balaban J connectivity index is 4.69. The van der Waals surface area contributed by atoms with Gasteiger partial charge in [0, 0.05) is 6.54 Å². The Bertz CT molecular complexity index is 252. The molecule has 7 heteroatoms. The van der Waals surface area contributed by atoms with Gasteiger partial charge in [-0.25, -0.2) is 9.59 Å². The Morgan fingerprint density at radius 2 is 1.86 bits per heavy atom. The van der Waals surface area contributed by atoms with E-state index in [2.05, 4.69) is 0 Å². The minimum absolute atomic E-state index is 0.0551. The fourth-order valence-electron chi connectivity index (χ4n) is 1.03. The van der Waals surface area contributed by atoms with Crippen LogP contribution >= 0.6 is 0 Å². The molecular formula is C7H12N2O5. The van der Waals surface area contributed by atoms with Crippen LogP contribution in [-0.4, -0.2) is 45.7 Å². The molecule has 0 aromatic rings. The van der Waals surface area contributed by atoms with Crippen molar-refractivity contribution < 1.29 is 24.6 Å². The van der Waals surface area contributed by atoms with Gasteiger partial charge in [-0.1, -0.05) is 0 Å². The molecule has 0 aromatic heterocycles. The van der Waals surface area contributed by atoms with Gasteiger partial charge < -0.3 is 20.8 Å². The van der Waals surface area contributed by atoms with E-state index in [-0.39, 0.29) is 6.54 Å². The van der Waals surface area contributed by atoms with E-state index >= 15 is 0 Å². The number of primary amides is 1. The van der Waals surface area contributed by atoms with Gasteiger partial charge in [-0.05, 0) is 6.92 Å². The first-order valence-corrected chi connectivity index (χ1v) is 3.90. The average Bonchev–Trinajstić information content (AvgIpc) is 2.02. The van der Waals surface area contributed by atoms with Crippen LogP contribution in [0.2, 0.25) is 0 Å². The van der Waals surface area contributed by atoms with Crippen LogP contribution in [0.3, 0.4) is 0 Å². The van der Waals surface area contributed by atoms with E-state index in [0.29, 0.717) is 0 Å². The lowest BCUT2D eigenvalue weighted by Crippen LogP contribution is -2.48. The molecule has 7 nitrogen and oxygen atoms in total. The minimum Gasteiger partial charge on any atom is -0.481 e. The zero-order chi connectivity index (χ0) is 11.3. The number of carbonyl (C=O) groups is 3. The summed E-state index contributed by atoms with van der Waals surface area (Å²) in [5.41, 5.74) is 4.89. The fraction of sp³-hybridized carbons (Fsp3) is 0.571. The van der Waals surface area contributed by atoms with Crippen molar-refractivity contribution in [2.45, 2.75) is 19.4 Å². The Kier molecular flexibility index (Phi) is 4.41. The summed E-state index contributed by atoms with van der Waals surface area (Å²) in [6, 6.07) is -2.35. The molecule has 0 saturated carbocycles. The van der Waals surface area contributed by atoms with Crippen molar-refractivity contribution in [2.24, 2.45) is 5.73 Å². The number of nitrogens with two attached hydrogens (primary N) is 1. The van der Waals surface area contributed by atoms with E-state index in [4.69, 9.17) is 15.9 Å². The molecular weight excluding hydrogens is 192 g/mol. The molecule has 0 rings (SSSR count). The molecule has 2 amide bonds. The first-order chi connectivity index (χ1) is 6.40. The Labute approximate surface area is 80.1 Å². The summed E-state index contributed by atoms with van der Waals surface area (Å²) in [6.07, 6.45) is -0.661. The lowest BCUT2D eigenvalue weighted by atomic mass is 10.2. The van der Waals surface area contributed by atoms with Crippen molar-refractivity contribution in [2.75, 3.05) is 6.54 Å². The first kappa shape index (κ1) is 12.2. The van der Waals surface area contributed by atoms with Crippen molar-refractivity contribution in [3.05, 3.63) is 0 Å². The lowest BCUT2D eigenvalue weighted by Gasteiger charge is -2.24. The zero-order valence-corrected chi connectivity index (χ0v) is 7.64. The number of carbonyl (C=O) groups excluding carboxylic acids is 1. The molecule has 0 radical (unpaired) electrons. The molecule has 0 aliphatic carbocycles. The van der Waals surface area contributed by atoms with Gasteiger partial charge in [0.05, 0.1) is 6.42 Å². The summed E-state index contributed by atoms with van der Waals surface area (Å²) in [7, 11) is 0. The highest BCUT2D eigenvalue weighted by atomic mass is 16.4. The van der Waals surface area contributed by atoms with E-state index in [1.54, 1.807) is 0 Å². The van der Waals surface area contributed by atoms with E-state index in [0.717, 1.165) is 4.90 Å². The third-order valence-corrected chi connectivity index (χ3v) is 1.65. The van der Waals surface area contributed by atoms with Crippen molar-refractivity contribution in [3.63, 3.8) is 0 Å². The number of rotatable bonds is 5. The van der Waals surface area contributed by atoms with Crippen LogP contribution in [0.4, 0.5) is 4.79 Å². The van der Waals surface area contributed by atoms with Gasteiger partial charge >= 0.3 is 18.0 Å². The molecule has 4 N–H and O–H groups in total. The highest BCUT2D eigenvalue weighted by Gasteiger charge is 2.29. The number of hydrogen-bond acceptors (Lipinski definition) is 3. The predicted octanol–water partition coefficient (Wildman–Crippen LogP) is -0.685. The van der Waals surface area contributed by atoms with Crippen LogP contribution in [0.5, 0.6) is 0 Å². The van der Waals surface area contributed by atoms with Gasteiger partial charge in [0.1, 0.15) is 6.04 Å². The van der Waals surface area contributed by atoms with Gasteiger partial charge in [-0.15, -0.1) is 0 Å². The van der Waals surface area contributed by atoms with Crippen LogP contribution in [0, 0.1) is 0 Å². The Morgan fingerprint density at radius 1 is 1.36 bits per heavy atom. The van der Waals surface area contributed by atoms with E-state index in [1.165, 1.54) is 6.92 Å². The number of carboxylic acids is 2. The molecule has 0 heterocycles. The molecule has 0 saturated heterocycles. The van der Waals surface area contributed by atoms with Crippen molar-refractivity contribution in [1.29, 1.82) is 0 Å². The predicted molar refractivity (Wildman–Crippen MR) is 45.6 cm³/mol. The summed E-state index contributed by atoms with van der Waals surface area (Å²) in [4.78, 5) is 32.5. The highest BCUT2D eigenvalue weighted by Crippen LogP contribution is 2.04. The molecule has 14 heavy (non-hydrogen) atoms. The summed E-state index contributed by atoms with van der Waals surface area (Å²) in [5, 5.41) is 17.1. The van der Waals surface area contributed by atoms with Gasteiger partial charge in [-0.2, -0.15) is 0 Å². The van der Waals surface area contributed by atoms with Gasteiger partial charge in [0.25, 0.3) is 0 Å². The Hall–Kier alpha value is -1.79. The maximum absolute atomic E-state index is 10.7.